The predicted molar refractivity (Wildman–Crippen MR) is 59.9 cm³/mol. The molecule has 0 amide bonds. The van der Waals surface area contributed by atoms with E-state index in [9.17, 15) is 13.2 Å². The minimum atomic E-state index is -4.11. The number of rotatable bonds is 4. The number of benzene rings is 1. The quantitative estimate of drug-likeness (QED) is 0.858. The van der Waals surface area contributed by atoms with Crippen molar-refractivity contribution in [2.45, 2.75) is 12.6 Å². The minimum absolute atomic E-state index is 0.103. The van der Waals surface area contributed by atoms with E-state index >= 15 is 0 Å². The zero-order chi connectivity index (χ0) is 12.2. The van der Waals surface area contributed by atoms with E-state index in [-0.39, 0.29) is 6.54 Å². The Kier molecular flexibility index (Phi) is 4.04. The fourth-order valence-electron chi connectivity index (χ4n) is 1.35. The van der Waals surface area contributed by atoms with Crippen LogP contribution in [-0.4, -0.2) is 26.8 Å². The van der Waals surface area contributed by atoms with Crippen molar-refractivity contribution in [1.29, 1.82) is 0 Å². The number of alkyl halides is 3. The maximum atomic E-state index is 12.0. The van der Waals surface area contributed by atoms with Crippen LogP contribution in [-0.2, 0) is 0 Å². The van der Waals surface area contributed by atoms with Gasteiger partial charge in [0.05, 0.1) is 17.8 Å². The van der Waals surface area contributed by atoms with E-state index < -0.39 is 12.6 Å². The van der Waals surface area contributed by atoms with Crippen LogP contribution in [0.2, 0.25) is 0 Å². The third-order valence-electron chi connectivity index (χ3n) is 2.11. The second-order valence-electron chi connectivity index (χ2n) is 3.70. The Hall–Kier alpha value is -1.39. The van der Waals surface area contributed by atoms with Crippen molar-refractivity contribution in [2.24, 2.45) is 0 Å². The van der Waals surface area contributed by atoms with Crippen LogP contribution in [0.4, 0.5) is 24.5 Å². The third kappa shape index (κ3) is 4.00. The molecule has 0 aliphatic heterocycles. The summed E-state index contributed by atoms with van der Waals surface area (Å²) in [6.07, 6.45) is -4.94. The lowest BCUT2D eigenvalue weighted by Crippen LogP contribution is -2.17. The summed E-state index contributed by atoms with van der Waals surface area (Å²) in [5, 5.41) is 2.79. The normalized spacial score (nSPS) is 11.3. The molecule has 5 heteroatoms. The summed E-state index contributed by atoms with van der Waals surface area (Å²) in [7, 11) is 3.70. The molecule has 1 rings (SSSR count). The molecule has 90 valence electrons. The monoisotopic (exact) mass is 232 g/mol. The molecule has 16 heavy (non-hydrogen) atoms. The maximum Gasteiger partial charge on any atom is 0.390 e. The van der Waals surface area contributed by atoms with Crippen molar-refractivity contribution < 1.29 is 13.2 Å². The summed E-state index contributed by atoms with van der Waals surface area (Å²) in [5.74, 6) is 0. The van der Waals surface area contributed by atoms with Crippen LogP contribution in [0.25, 0.3) is 0 Å². The van der Waals surface area contributed by atoms with Gasteiger partial charge < -0.3 is 10.2 Å². The largest absolute Gasteiger partial charge is 0.390 e. The first-order chi connectivity index (χ1) is 7.40. The number of anilines is 2. The Labute approximate surface area is 93.1 Å². The number of nitrogens with zero attached hydrogens (tertiary/aromatic N) is 1. The zero-order valence-electron chi connectivity index (χ0n) is 9.30. The van der Waals surface area contributed by atoms with Crippen LogP contribution in [0.3, 0.4) is 0 Å². The van der Waals surface area contributed by atoms with E-state index in [2.05, 4.69) is 5.32 Å². The maximum absolute atomic E-state index is 12.0. The van der Waals surface area contributed by atoms with Crippen molar-refractivity contribution in [2.75, 3.05) is 30.9 Å². The third-order valence-corrected chi connectivity index (χ3v) is 2.11. The van der Waals surface area contributed by atoms with Crippen LogP contribution >= 0.6 is 0 Å². The van der Waals surface area contributed by atoms with Gasteiger partial charge in [-0.1, -0.05) is 12.1 Å². The molecule has 0 atom stereocenters. The van der Waals surface area contributed by atoms with E-state index in [1.807, 2.05) is 31.1 Å². The highest BCUT2D eigenvalue weighted by Crippen LogP contribution is 2.25. The fourth-order valence-corrected chi connectivity index (χ4v) is 1.35. The second-order valence-corrected chi connectivity index (χ2v) is 3.70. The molecule has 0 saturated carbocycles. The molecule has 1 N–H and O–H groups in total. The molecular formula is C11H15F3N2. The molecule has 0 bridgehead atoms. The van der Waals surface area contributed by atoms with Crippen LogP contribution in [0, 0.1) is 0 Å². The Bertz CT molecular complexity index is 334. The number of halogens is 3. The predicted octanol–water partition coefficient (Wildman–Crippen LogP) is 3.12. The van der Waals surface area contributed by atoms with Crippen molar-refractivity contribution in [1.82, 2.24) is 0 Å². The summed E-state index contributed by atoms with van der Waals surface area (Å²) < 4.78 is 35.9. The van der Waals surface area contributed by atoms with Crippen molar-refractivity contribution in [3.8, 4) is 0 Å². The highest BCUT2D eigenvalue weighted by Gasteiger charge is 2.26. The molecule has 0 aromatic heterocycles. The molecule has 2 nitrogen and oxygen atoms in total. The first kappa shape index (κ1) is 12.7. The lowest BCUT2D eigenvalue weighted by molar-refractivity contribution is -0.131. The van der Waals surface area contributed by atoms with Crippen molar-refractivity contribution in [3.05, 3.63) is 24.3 Å². The van der Waals surface area contributed by atoms with E-state index in [0.29, 0.717) is 0 Å². The Morgan fingerprint density at radius 2 is 1.81 bits per heavy atom. The molecule has 0 unspecified atom stereocenters. The van der Waals surface area contributed by atoms with Gasteiger partial charge in [0.2, 0.25) is 0 Å². The highest BCUT2D eigenvalue weighted by molar-refractivity contribution is 5.69. The molecular weight excluding hydrogens is 217 g/mol. The summed E-state index contributed by atoms with van der Waals surface area (Å²) in [6.45, 7) is -0.103. The molecule has 1 aromatic carbocycles. The van der Waals surface area contributed by atoms with Crippen LogP contribution < -0.4 is 10.2 Å². The van der Waals surface area contributed by atoms with Crippen molar-refractivity contribution in [3.63, 3.8) is 0 Å². The highest BCUT2D eigenvalue weighted by atomic mass is 19.4. The van der Waals surface area contributed by atoms with E-state index in [1.54, 1.807) is 12.1 Å². The standard InChI is InChI=1S/C11H15F3N2/c1-16(2)10-6-4-3-5-9(10)15-8-7-11(12,13)14/h3-6,15H,7-8H2,1-2H3. The van der Waals surface area contributed by atoms with Crippen LogP contribution in [0.5, 0.6) is 0 Å². The average Bonchev–Trinajstić information content (AvgIpc) is 2.16. The molecule has 0 fully saturated rings. The van der Waals surface area contributed by atoms with Gasteiger partial charge in [-0.3, -0.25) is 0 Å². The van der Waals surface area contributed by atoms with Crippen LogP contribution in [0.1, 0.15) is 6.42 Å². The molecule has 1 aromatic rings. The molecule has 0 aliphatic carbocycles. The first-order valence-corrected chi connectivity index (χ1v) is 4.97. The topological polar surface area (TPSA) is 15.3 Å². The second kappa shape index (κ2) is 5.09. The van der Waals surface area contributed by atoms with E-state index in [4.69, 9.17) is 0 Å². The number of para-hydroxylation sites is 2. The average molecular weight is 232 g/mol. The van der Waals surface area contributed by atoms with E-state index in [0.717, 1.165) is 11.4 Å². The Morgan fingerprint density at radius 1 is 1.19 bits per heavy atom. The van der Waals surface area contributed by atoms with Gasteiger partial charge >= 0.3 is 6.18 Å². The first-order valence-electron chi connectivity index (χ1n) is 4.97. The molecule has 0 heterocycles. The zero-order valence-corrected chi connectivity index (χ0v) is 9.30. The smallest absolute Gasteiger partial charge is 0.383 e. The minimum Gasteiger partial charge on any atom is -0.383 e. The number of hydrogen-bond donors (Lipinski definition) is 1. The summed E-state index contributed by atoms with van der Waals surface area (Å²) in [4.78, 5) is 1.86. The van der Waals surface area contributed by atoms with E-state index in [1.165, 1.54) is 0 Å². The summed E-state index contributed by atoms with van der Waals surface area (Å²) in [6, 6.07) is 7.27. The fraction of sp³-hybridized carbons (Fsp3) is 0.455. The molecule has 0 saturated heterocycles. The lowest BCUT2D eigenvalue weighted by Gasteiger charge is -2.18. The molecule has 0 radical (unpaired) electrons. The molecule has 0 spiro atoms. The Morgan fingerprint density at radius 3 is 2.38 bits per heavy atom. The van der Waals surface area contributed by atoms with Gasteiger partial charge in [-0.05, 0) is 12.1 Å². The van der Waals surface area contributed by atoms with Gasteiger partial charge in [-0.25, -0.2) is 0 Å². The Balaban J connectivity index is 2.60. The van der Waals surface area contributed by atoms with Gasteiger partial charge in [0.25, 0.3) is 0 Å². The van der Waals surface area contributed by atoms with Crippen LogP contribution in [0.15, 0.2) is 24.3 Å². The van der Waals surface area contributed by atoms with Gasteiger partial charge in [0.15, 0.2) is 0 Å². The van der Waals surface area contributed by atoms with Gasteiger partial charge in [0, 0.05) is 20.6 Å². The summed E-state index contributed by atoms with van der Waals surface area (Å²) >= 11 is 0. The van der Waals surface area contributed by atoms with Crippen molar-refractivity contribution >= 4 is 11.4 Å². The molecule has 0 aliphatic rings. The van der Waals surface area contributed by atoms with Gasteiger partial charge in [-0.15, -0.1) is 0 Å². The lowest BCUT2D eigenvalue weighted by atomic mass is 10.2. The number of nitrogens with one attached hydrogen (secondary N) is 1. The van der Waals surface area contributed by atoms with Gasteiger partial charge in [-0.2, -0.15) is 13.2 Å². The SMILES string of the molecule is CN(C)c1ccccc1NCCC(F)(F)F. The van der Waals surface area contributed by atoms with Gasteiger partial charge in [0.1, 0.15) is 0 Å². The number of hydrogen-bond acceptors (Lipinski definition) is 2. The summed E-state index contributed by atoms with van der Waals surface area (Å²) in [5.41, 5.74) is 1.60.